The van der Waals surface area contributed by atoms with Gasteiger partial charge in [0, 0.05) is 16.3 Å². The van der Waals surface area contributed by atoms with Crippen molar-refractivity contribution in [3.8, 4) is 16.3 Å². The zero-order chi connectivity index (χ0) is 13.9. The molecule has 2 N–H and O–H groups in total. The molecule has 0 spiro atoms. The predicted octanol–water partition coefficient (Wildman–Crippen LogP) is 4.31. The smallest absolute Gasteiger partial charge is 0.239 e. The maximum absolute atomic E-state index is 9.23. The molecule has 0 radical (unpaired) electrons. The molecule has 0 unspecified atom stereocenters. The molecule has 20 heavy (non-hydrogen) atoms. The van der Waals surface area contributed by atoms with Gasteiger partial charge in [0.2, 0.25) is 5.95 Å². The van der Waals surface area contributed by atoms with Crippen molar-refractivity contribution in [2.45, 2.75) is 0 Å². The molecule has 2 aromatic carbocycles. The summed E-state index contributed by atoms with van der Waals surface area (Å²) < 4.78 is 4.26. The highest BCUT2D eigenvalue weighted by molar-refractivity contribution is 7.09. The molecule has 3 rings (SSSR count). The van der Waals surface area contributed by atoms with Crippen molar-refractivity contribution in [2.24, 2.45) is 0 Å². The van der Waals surface area contributed by atoms with Crippen LogP contribution < -0.4 is 5.32 Å². The molecule has 3 aromatic rings. The molecular formula is C14H10ClN3OS. The summed E-state index contributed by atoms with van der Waals surface area (Å²) in [6.07, 6.45) is 0. The van der Waals surface area contributed by atoms with Crippen LogP contribution in [0.2, 0.25) is 5.02 Å². The number of phenolic OH excluding ortho intramolecular Hbond substituents is 1. The molecule has 6 heteroatoms. The van der Waals surface area contributed by atoms with Crippen LogP contribution >= 0.6 is 23.1 Å². The molecule has 4 nitrogen and oxygen atoms in total. The Balaban J connectivity index is 1.80. The topological polar surface area (TPSA) is 58.0 Å². The van der Waals surface area contributed by atoms with Gasteiger partial charge in [0.05, 0.1) is 0 Å². The minimum absolute atomic E-state index is 0.226. The fourth-order valence-corrected chi connectivity index (χ4v) is 2.41. The van der Waals surface area contributed by atoms with Gasteiger partial charge in [-0.05, 0) is 47.9 Å². The van der Waals surface area contributed by atoms with Gasteiger partial charge in [-0.15, -0.1) is 0 Å². The van der Waals surface area contributed by atoms with Crippen molar-refractivity contribution in [3.05, 3.63) is 53.6 Å². The Morgan fingerprint density at radius 2 is 1.70 bits per heavy atom. The van der Waals surface area contributed by atoms with Crippen LogP contribution in [0.25, 0.3) is 10.6 Å². The number of halogens is 1. The number of phenols is 1. The van der Waals surface area contributed by atoms with Gasteiger partial charge in [-0.25, -0.2) is 0 Å². The molecule has 1 aromatic heterocycles. The number of aromatic nitrogens is 2. The number of anilines is 2. The maximum Gasteiger partial charge on any atom is 0.239 e. The highest BCUT2D eigenvalue weighted by Crippen LogP contribution is 2.26. The van der Waals surface area contributed by atoms with Crippen LogP contribution in [0, 0.1) is 0 Å². The lowest BCUT2D eigenvalue weighted by atomic mass is 10.2. The lowest BCUT2D eigenvalue weighted by Gasteiger charge is -2.01. The Morgan fingerprint density at radius 1 is 1.00 bits per heavy atom. The Labute approximate surface area is 124 Å². The van der Waals surface area contributed by atoms with E-state index in [9.17, 15) is 5.11 Å². The molecule has 0 fully saturated rings. The van der Waals surface area contributed by atoms with Crippen LogP contribution in [-0.4, -0.2) is 14.5 Å². The van der Waals surface area contributed by atoms with Crippen molar-refractivity contribution in [3.63, 3.8) is 0 Å². The number of benzene rings is 2. The average Bonchev–Trinajstić information content (AvgIpc) is 2.91. The summed E-state index contributed by atoms with van der Waals surface area (Å²) in [5.41, 5.74) is 1.80. The molecule has 0 aliphatic rings. The van der Waals surface area contributed by atoms with Crippen LogP contribution in [0.15, 0.2) is 48.5 Å². The Hall–Kier alpha value is -2.11. The Kier molecular flexibility index (Phi) is 3.54. The molecular weight excluding hydrogens is 294 g/mol. The first-order chi connectivity index (χ1) is 9.70. The van der Waals surface area contributed by atoms with Gasteiger partial charge in [0.25, 0.3) is 0 Å². The lowest BCUT2D eigenvalue weighted by molar-refractivity contribution is 0.475. The summed E-state index contributed by atoms with van der Waals surface area (Å²) in [6, 6.07) is 14.2. The third-order valence-electron chi connectivity index (χ3n) is 2.64. The maximum atomic E-state index is 9.23. The molecule has 0 amide bonds. The van der Waals surface area contributed by atoms with Gasteiger partial charge in [-0.1, -0.05) is 23.7 Å². The van der Waals surface area contributed by atoms with Gasteiger partial charge in [-0.2, -0.15) is 9.36 Å². The summed E-state index contributed by atoms with van der Waals surface area (Å²) in [5, 5.41) is 13.8. The second kappa shape index (κ2) is 5.48. The second-order valence-electron chi connectivity index (χ2n) is 4.10. The summed E-state index contributed by atoms with van der Waals surface area (Å²) >= 11 is 7.17. The van der Waals surface area contributed by atoms with E-state index in [1.807, 2.05) is 24.3 Å². The third kappa shape index (κ3) is 2.89. The van der Waals surface area contributed by atoms with Gasteiger partial charge in [0.15, 0.2) is 0 Å². The molecule has 1 heterocycles. The van der Waals surface area contributed by atoms with Crippen molar-refractivity contribution in [2.75, 3.05) is 5.32 Å². The zero-order valence-electron chi connectivity index (χ0n) is 10.2. The number of nitrogens with zero attached hydrogens (tertiary/aromatic N) is 2. The number of aromatic hydroxyl groups is 1. The monoisotopic (exact) mass is 303 g/mol. The Morgan fingerprint density at radius 3 is 2.40 bits per heavy atom. The minimum atomic E-state index is 0.226. The molecule has 0 aliphatic carbocycles. The van der Waals surface area contributed by atoms with E-state index in [4.69, 9.17) is 11.6 Å². The van der Waals surface area contributed by atoms with Gasteiger partial charge in [0.1, 0.15) is 10.8 Å². The highest BCUT2D eigenvalue weighted by Gasteiger charge is 2.06. The fraction of sp³-hybridized carbons (Fsp3) is 0. The normalized spacial score (nSPS) is 10.4. The van der Waals surface area contributed by atoms with Gasteiger partial charge < -0.3 is 10.4 Å². The van der Waals surface area contributed by atoms with E-state index in [0.717, 1.165) is 16.3 Å². The number of hydrogen-bond donors (Lipinski definition) is 2. The largest absolute Gasteiger partial charge is 0.508 e. The third-order valence-corrected chi connectivity index (χ3v) is 3.66. The minimum Gasteiger partial charge on any atom is -0.508 e. The molecule has 0 saturated heterocycles. The molecule has 0 bridgehead atoms. The molecule has 0 aliphatic heterocycles. The van der Waals surface area contributed by atoms with Crippen LogP contribution in [-0.2, 0) is 0 Å². The zero-order valence-corrected chi connectivity index (χ0v) is 11.8. The first-order valence-corrected chi connectivity index (χ1v) is 7.01. The molecule has 0 atom stereocenters. The summed E-state index contributed by atoms with van der Waals surface area (Å²) in [6.45, 7) is 0. The Bertz CT molecular complexity index is 710. The summed E-state index contributed by atoms with van der Waals surface area (Å²) in [7, 11) is 0. The van der Waals surface area contributed by atoms with E-state index < -0.39 is 0 Å². The van der Waals surface area contributed by atoms with E-state index in [-0.39, 0.29) is 5.75 Å². The van der Waals surface area contributed by atoms with Crippen molar-refractivity contribution in [1.82, 2.24) is 9.36 Å². The SMILES string of the molecule is Oc1ccc(Nc2nsc(-c3ccc(Cl)cc3)n2)cc1. The van der Waals surface area contributed by atoms with E-state index in [0.29, 0.717) is 11.0 Å². The first-order valence-electron chi connectivity index (χ1n) is 5.86. The van der Waals surface area contributed by atoms with Gasteiger partial charge in [-0.3, -0.25) is 0 Å². The van der Waals surface area contributed by atoms with Crippen molar-refractivity contribution in [1.29, 1.82) is 0 Å². The van der Waals surface area contributed by atoms with E-state index in [2.05, 4.69) is 14.7 Å². The van der Waals surface area contributed by atoms with Crippen LogP contribution in [0.5, 0.6) is 5.75 Å². The summed E-state index contributed by atoms with van der Waals surface area (Å²) in [5.74, 6) is 0.759. The standard InChI is InChI=1S/C14H10ClN3OS/c15-10-3-1-9(2-4-10)13-17-14(18-20-13)16-11-5-7-12(19)8-6-11/h1-8,19H,(H,16,18). The first kappa shape index (κ1) is 12.9. The van der Waals surface area contributed by atoms with Crippen molar-refractivity contribution >= 4 is 34.8 Å². The molecule has 0 saturated carbocycles. The summed E-state index contributed by atoms with van der Waals surface area (Å²) in [4.78, 5) is 4.42. The quantitative estimate of drug-likeness (QED) is 0.708. The van der Waals surface area contributed by atoms with E-state index >= 15 is 0 Å². The van der Waals surface area contributed by atoms with Crippen LogP contribution in [0.3, 0.4) is 0 Å². The highest BCUT2D eigenvalue weighted by atomic mass is 35.5. The fourth-order valence-electron chi connectivity index (χ4n) is 1.66. The number of hydrogen-bond acceptors (Lipinski definition) is 5. The number of rotatable bonds is 3. The van der Waals surface area contributed by atoms with Crippen LogP contribution in [0.1, 0.15) is 0 Å². The predicted molar refractivity (Wildman–Crippen MR) is 81.7 cm³/mol. The number of nitrogens with one attached hydrogen (secondary N) is 1. The average molecular weight is 304 g/mol. The van der Waals surface area contributed by atoms with E-state index in [1.165, 1.54) is 11.5 Å². The second-order valence-corrected chi connectivity index (χ2v) is 5.29. The van der Waals surface area contributed by atoms with E-state index in [1.54, 1.807) is 24.3 Å². The lowest BCUT2D eigenvalue weighted by Crippen LogP contribution is -1.91. The van der Waals surface area contributed by atoms with Gasteiger partial charge >= 0.3 is 0 Å². The molecule has 100 valence electrons. The van der Waals surface area contributed by atoms with Crippen molar-refractivity contribution < 1.29 is 5.11 Å². The van der Waals surface area contributed by atoms with Crippen LogP contribution in [0.4, 0.5) is 11.6 Å².